The Morgan fingerprint density at radius 3 is 2.95 bits per heavy atom. The largest absolute Gasteiger partial charge is 0.406 e. The average molecular weight is 325 g/mol. The fourth-order valence-electron chi connectivity index (χ4n) is 1.61. The van der Waals surface area contributed by atoms with Crippen LogP contribution in [-0.4, -0.2) is 16.7 Å². The van der Waals surface area contributed by atoms with E-state index in [1.807, 2.05) is 25.1 Å². The molecule has 6 heteroatoms. The highest BCUT2D eigenvalue weighted by molar-refractivity contribution is 9.10. The molecule has 0 amide bonds. The van der Waals surface area contributed by atoms with E-state index in [2.05, 4.69) is 43.7 Å². The second-order valence-corrected chi connectivity index (χ2v) is 5.03. The zero-order valence-corrected chi connectivity index (χ0v) is 12.6. The molecule has 0 atom stereocenters. The van der Waals surface area contributed by atoms with Gasteiger partial charge in [-0.05, 0) is 47.4 Å². The Hall–Kier alpha value is -1.40. The van der Waals surface area contributed by atoms with E-state index in [4.69, 9.17) is 4.42 Å². The Balaban J connectivity index is 2.01. The lowest BCUT2D eigenvalue weighted by atomic mass is 10.2. The van der Waals surface area contributed by atoms with Gasteiger partial charge in [0.2, 0.25) is 5.89 Å². The third-order valence-electron chi connectivity index (χ3n) is 2.60. The van der Waals surface area contributed by atoms with Crippen LogP contribution < -0.4 is 10.6 Å². The fourth-order valence-corrected chi connectivity index (χ4v) is 1.97. The lowest BCUT2D eigenvalue weighted by Gasteiger charge is -2.06. The molecule has 2 aromatic rings. The molecule has 0 fully saturated rings. The first-order valence-corrected chi connectivity index (χ1v) is 7.05. The molecular formula is C13H17BrN4O. The molecule has 1 aromatic heterocycles. The number of rotatable bonds is 6. The Labute approximate surface area is 120 Å². The van der Waals surface area contributed by atoms with Crippen LogP contribution in [0, 0.1) is 6.92 Å². The van der Waals surface area contributed by atoms with E-state index < -0.39 is 0 Å². The van der Waals surface area contributed by atoms with Gasteiger partial charge >= 0.3 is 6.01 Å². The van der Waals surface area contributed by atoms with E-state index in [0.717, 1.165) is 28.7 Å². The van der Waals surface area contributed by atoms with Gasteiger partial charge in [-0.3, -0.25) is 0 Å². The lowest BCUT2D eigenvalue weighted by Crippen LogP contribution is -2.13. The molecule has 0 aliphatic rings. The van der Waals surface area contributed by atoms with Crippen molar-refractivity contribution in [2.75, 3.05) is 11.9 Å². The van der Waals surface area contributed by atoms with Gasteiger partial charge in [-0.15, -0.1) is 5.10 Å². The minimum absolute atomic E-state index is 0.402. The molecule has 0 spiro atoms. The van der Waals surface area contributed by atoms with Gasteiger partial charge in [-0.2, -0.15) is 0 Å². The van der Waals surface area contributed by atoms with Crippen molar-refractivity contribution in [2.24, 2.45) is 0 Å². The smallest absolute Gasteiger partial charge is 0.320 e. The molecule has 0 aliphatic carbocycles. The molecule has 0 saturated carbocycles. The van der Waals surface area contributed by atoms with Crippen LogP contribution in [0.1, 0.15) is 24.8 Å². The molecule has 0 unspecified atom stereocenters. The van der Waals surface area contributed by atoms with Gasteiger partial charge in [-0.25, -0.2) is 0 Å². The van der Waals surface area contributed by atoms with E-state index in [1.165, 1.54) is 0 Å². The zero-order chi connectivity index (χ0) is 13.7. The third kappa shape index (κ3) is 3.78. The Bertz CT molecular complexity index is 541. The van der Waals surface area contributed by atoms with Crippen molar-refractivity contribution in [3.63, 3.8) is 0 Å². The number of aryl methyl sites for hydroxylation is 1. The highest BCUT2D eigenvalue weighted by atomic mass is 79.9. The number of hydrogen-bond donors (Lipinski definition) is 2. The summed E-state index contributed by atoms with van der Waals surface area (Å²) in [4.78, 5) is 0. The number of anilines is 2. The van der Waals surface area contributed by atoms with Crippen LogP contribution in [0.2, 0.25) is 0 Å². The summed E-state index contributed by atoms with van der Waals surface area (Å²) in [5, 5.41) is 14.3. The van der Waals surface area contributed by atoms with Crippen LogP contribution in [0.15, 0.2) is 27.1 Å². The zero-order valence-electron chi connectivity index (χ0n) is 11.0. The van der Waals surface area contributed by atoms with E-state index in [-0.39, 0.29) is 0 Å². The van der Waals surface area contributed by atoms with Crippen molar-refractivity contribution in [1.82, 2.24) is 15.5 Å². The van der Waals surface area contributed by atoms with Gasteiger partial charge in [0, 0.05) is 4.47 Å². The molecule has 0 bridgehead atoms. The van der Waals surface area contributed by atoms with Crippen molar-refractivity contribution in [1.29, 1.82) is 0 Å². The van der Waals surface area contributed by atoms with E-state index in [1.54, 1.807) is 0 Å². The van der Waals surface area contributed by atoms with E-state index >= 15 is 0 Å². The first kappa shape index (κ1) is 14.0. The minimum Gasteiger partial charge on any atom is -0.406 e. The first-order chi connectivity index (χ1) is 9.20. The van der Waals surface area contributed by atoms with Gasteiger partial charge in [0.1, 0.15) is 0 Å². The van der Waals surface area contributed by atoms with E-state index in [9.17, 15) is 0 Å². The maximum atomic E-state index is 5.51. The summed E-state index contributed by atoms with van der Waals surface area (Å²) in [6.45, 7) is 5.68. The lowest BCUT2D eigenvalue weighted by molar-refractivity contribution is 0.479. The molecule has 2 N–H and O–H groups in total. The summed E-state index contributed by atoms with van der Waals surface area (Å²) in [5.74, 6) is 0.583. The van der Waals surface area contributed by atoms with Crippen LogP contribution in [0.3, 0.4) is 0 Å². The van der Waals surface area contributed by atoms with Gasteiger partial charge in [0.25, 0.3) is 0 Å². The fraction of sp³-hybridized carbons (Fsp3) is 0.385. The molecule has 0 radical (unpaired) electrons. The van der Waals surface area contributed by atoms with Gasteiger partial charge in [0.15, 0.2) is 0 Å². The molecule has 0 saturated heterocycles. The number of benzene rings is 1. The summed E-state index contributed by atoms with van der Waals surface area (Å²) < 4.78 is 6.51. The normalized spacial score (nSPS) is 10.7. The van der Waals surface area contributed by atoms with Gasteiger partial charge in [-0.1, -0.05) is 24.2 Å². The maximum Gasteiger partial charge on any atom is 0.320 e. The maximum absolute atomic E-state index is 5.51. The quantitative estimate of drug-likeness (QED) is 0.797. The summed E-state index contributed by atoms with van der Waals surface area (Å²) in [7, 11) is 0. The Morgan fingerprint density at radius 1 is 1.32 bits per heavy atom. The molecule has 2 rings (SSSR count). The summed E-state index contributed by atoms with van der Waals surface area (Å²) in [6.07, 6.45) is 1.08. The molecule has 1 aromatic carbocycles. The standard InChI is InChI=1S/C13H17BrN4O/c1-3-7-15-8-11-17-18-13(19-11)16-10-6-4-5-9(2)12(10)14/h4-6,15H,3,7-8H2,1-2H3,(H,16,18). The van der Waals surface area contributed by atoms with Crippen molar-refractivity contribution < 1.29 is 4.42 Å². The highest BCUT2D eigenvalue weighted by Gasteiger charge is 2.08. The minimum atomic E-state index is 0.402. The predicted molar refractivity (Wildman–Crippen MR) is 78.5 cm³/mol. The Kier molecular flexibility index (Phi) is 4.93. The van der Waals surface area contributed by atoms with Crippen LogP contribution in [0.25, 0.3) is 0 Å². The molecular weight excluding hydrogens is 308 g/mol. The predicted octanol–water partition coefficient (Wildman–Crippen LogP) is 3.38. The number of hydrogen-bond acceptors (Lipinski definition) is 5. The van der Waals surface area contributed by atoms with Crippen molar-refractivity contribution >= 4 is 27.6 Å². The van der Waals surface area contributed by atoms with Crippen LogP contribution in [0.4, 0.5) is 11.7 Å². The van der Waals surface area contributed by atoms with Gasteiger partial charge in [0.05, 0.1) is 12.2 Å². The third-order valence-corrected chi connectivity index (χ3v) is 3.66. The molecule has 19 heavy (non-hydrogen) atoms. The second kappa shape index (κ2) is 6.68. The van der Waals surface area contributed by atoms with Crippen LogP contribution in [-0.2, 0) is 6.54 Å². The number of halogens is 1. The SMILES string of the molecule is CCCNCc1nnc(Nc2cccc(C)c2Br)o1. The molecule has 0 aliphatic heterocycles. The summed E-state index contributed by atoms with van der Waals surface area (Å²) in [5.41, 5.74) is 2.06. The van der Waals surface area contributed by atoms with Crippen LogP contribution in [0.5, 0.6) is 0 Å². The van der Waals surface area contributed by atoms with Crippen molar-refractivity contribution in [2.45, 2.75) is 26.8 Å². The molecule has 102 valence electrons. The van der Waals surface area contributed by atoms with E-state index in [0.29, 0.717) is 18.5 Å². The number of nitrogens with zero attached hydrogens (tertiary/aromatic N) is 2. The summed E-state index contributed by atoms with van der Waals surface area (Å²) in [6, 6.07) is 6.36. The first-order valence-electron chi connectivity index (χ1n) is 6.26. The van der Waals surface area contributed by atoms with Crippen molar-refractivity contribution in [3.05, 3.63) is 34.1 Å². The van der Waals surface area contributed by atoms with Crippen LogP contribution >= 0.6 is 15.9 Å². The Morgan fingerprint density at radius 2 is 2.16 bits per heavy atom. The number of aromatic nitrogens is 2. The molecule has 5 nitrogen and oxygen atoms in total. The topological polar surface area (TPSA) is 63.0 Å². The number of nitrogens with one attached hydrogen (secondary N) is 2. The van der Waals surface area contributed by atoms with Gasteiger partial charge < -0.3 is 15.1 Å². The second-order valence-electron chi connectivity index (χ2n) is 4.24. The summed E-state index contributed by atoms with van der Waals surface area (Å²) >= 11 is 3.53. The highest BCUT2D eigenvalue weighted by Crippen LogP contribution is 2.28. The monoisotopic (exact) mass is 324 g/mol. The average Bonchev–Trinajstić information content (AvgIpc) is 2.83. The molecule has 1 heterocycles. The van der Waals surface area contributed by atoms with Crippen molar-refractivity contribution in [3.8, 4) is 0 Å².